The monoisotopic (exact) mass is 178 g/mol. The number of hydrogen-bond donors (Lipinski definition) is 0. The molecule has 1 heterocycles. The Morgan fingerprint density at radius 2 is 2.15 bits per heavy atom. The summed E-state index contributed by atoms with van der Waals surface area (Å²) < 4.78 is 5.21. The first kappa shape index (κ1) is 7.54. The number of aromatic nitrogens is 2. The average molecular weight is 178 g/mol. The highest BCUT2D eigenvalue weighted by molar-refractivity contribution is 5.17. The van der Waals surface area contributed by atoms with Crippen LogP contribution in [0, 0.1) is 12.3 Å². The molecule has 1 spiro atoms. The minimum Gasteiger partial charge on any atom is -0.339 e. The van der Waals surface area contributed by atoms with Crippen molar-refractivity contribution in [2.75, 3.05) is 0 Å². The Morgan fingerprint density at radius 3 is 2.77 bits per heavy atom. The van der Waals surface area contributed by atoms with Gasteiger partial charge in [0.25, 0.3) is 0 Å². The summed E-state index contributed by atoms with van der Waals surface area (Å²) in [5.41, 5.74) is 0.582. The fourth-order valence-corrected chi connectivity index (χ4v) is 2.78. The number of aryl methyl sites for hydroxylation is 1. The van der Waals surface area contributed by atoms with Crippen LogP contribution in [0.3, 0.4) is 0 Å². The first-order valence-electron chi connectivity index (χ1n) is 5.10. The van der Waals surface area contributed by atoms with E-state index >= 15 is 0 Å². The van der Waals surface area contributed by atoms with E-state index in [1.54, 1.807) is 0 Å². The van der Waals surface area contributed by atoms with Crippen molar-refractivity contribution in [2.24, 2.45) is 5.41 Å². The molecular weight excluding hydrogens is 164 g/mol. The van der Waals surface area contributed by atoms with Crippen LogP contribution >= 0.6 is 0 Å². The number of rotatable bonds is 1. The minimum absolute atomic E-state index is 0.582. The minimum atomic E-state index is 0.582. The zero-order valence-electron chi connectivity index (χ0n) is 7.92. The Kier molecular flexibility index (Phi) is 1.35. The molecule has 2 aliphatic rings. The Labute approximate surface area is 77.5 Å². The quantitative estimate of drug-likeness (QED) is 0.663. The number of nitrogens with zero attached hydrogens (tertiary/aromatic N) is 2. The second-order valence-corrected chi connectivity index (χ2v) is 4.51. The summed E-state index contributed by atoms with van der Waals surface area (Å²) >= 11 is 0. The van der Waals surface area contributed by atoms with Gasteiger partial charge in [-0.1, -0.05) is 18.0 Å². The van der Waals surface area contributed by atoms with Crippen LogP contribution in [0.5, 0.6) is 0 Å². The van der Waals surface area contributed by atoms with E-state index in [0.717, 1.165) is 11.7 Å². The molecule has 3 nitrogen and oxygen atoms in total. The van der Waals surface area contributed by atoms with Crippen molar-refractivity contribution in [1.29, 1.82) is 0 Å². The van der Waals surface area contributed by atoms with Gasteiger partial charge in [0.2, 0.25) is 5.89 Å². The highest BCUT2D eigenvalue weighted by Crippen LogP contribution is 2.67. The molecule has 0 amide bonds. The standard InChI is InChI=1S/C10H14N2O/c1-7-11-9(13-12-7)8-6-10(8)4-2-3-5-10/h8H,2-6H2,1H3. The molecule has 1 atom stereocenters. The van der Waals surface area contributed by atoms with Crippen LogP contribution in [0.15, 0.2) is 4.52 Å². The molecule has 0 radical (unpaired) electrons. The Bertz CT molecular complexity index is 325. The zero-order valence-corrected chi connectivity index (χ0v) is 7.92. The number of hydrogen-bond acceptors (Lipinski definition) is 3. The van der Waals surface area contributed by atoms with Gasteiger partial charge in [-0.15, -0.1) is 0 Å². The van der Waals surface area contributed by atoms with E-state index in [1.807, 2.05) is 6.92 Å². The second kappa shape index (κ2) is 2.34. The highest BCUT2D eigenvalue weighted by Gasteiger charge is 2.58. The molecule has 0 aromatic carbocycles. The van der Waals surface area contributed by atoms with Crippen molar-refractivity contribution >= 4 is 0 Å². The first-order valence-corrected chi connectivity index (χ1v) is 5.10. The summed E-state index contributed by atoms with van der Waals surface area (Å²) in [6.45, 7) is 1.89. The van der Waals surface area contributed by atoms with Crippen molar-refractivity contribution in [3.63, 3.8) is 0 Å². The largest absolute Gasteiger partial charge is 0.339 e. The lowest BCUT2D eigenvalue weighted by Gasteiger charge is -2.03. The maximum Gasteiger partial charge on any atom is 0.230 e. The van der Waals surface area contributed by atoms with E-state index in [2.05, 4.69) is 10.1 Å². The molecule has 2 fully saturated rings. The van der Waals surface area contributed by atoms with Gasteiger partial charge in [0.15, 0.2) is 5.82 Å². The average Bonchev–Trinajstić information content (AvgIpc) is 2.50. The first-order chi connectivity index (χ1) is 6.30. The topological polar surface area (TPSA) is 38.9 Å². The molecule has 2 aliphatic carbocycles. The summed E-state index contributed by atoms with van der Waals surface area (Å²) in [6, 6.07) is 0. The van der Waals surface area contributed by atoms with Crippen molar-refractivity contribution in [1.82, 2.24) is 10.1 Å². The van der Waals surface area contributed by atoms with E-state index in [-0.39, 0.29) is 0 Å². The van der Waals surface area contributed by atoms with Gasteiger partial charge in [0.1, 0.15) is 0 Å². The van der Waals surface area contributed by atoms with Gasteiger partial charge >= 0.3 is 0 Å². The molecule has 13 heavy (non-hydrogen) atoms. The summed E-state index contributed by atoms with van der Waals surface area (Å²) in [6.07, 6.45) is 6.82. The van der Waals surface area contributed by atoms with Gasteiger partial charge in [-0.2, -0.15) is 4.98 Å². The molecule has 3 heteroatoms. The lowest BCUT2D eigenvalue weighted by molar-refractivity contribution is 0.357. The molecular formula is C10H14N2O. The van der Waals surface area contributed by atoms with E-state index in [1.165, 1.54) is 32.1 Å². The molecule has 2 saturated carbocycles. The molecule has 0 bridgehead atoms. The van der Waals surface area contributed by atoms with Crippen molar-refractivity contribution in [2.45, 2.75) is 44.9 Å². The van der Waals surface area contributed by atoms with Gasteiger partial charge in [0.05, 0.1) is 0 Å². The third-order valence-corrected chi connectivity index (χ3v) is 3.63. The van der Waals surface area contributed by atoms with Crippen molar-refractivity contribution in [3.8, 4) is 0 Å². The van der Waals surface area contributed by atoms with Gasteiger partial charge < -0.3 is 4.52 Å². The zero-order chi connectivity index (χ0) is 8.89. The SMILES string of the molecule is Cc1noc(C2CC23CCCC3)n1. The lowest BCUT2D eigenvalue weighted by Crippen LogP contribution is -1.95. The molecule has 0 saturated heterocycles. The maximum atomic E-state index is 5.21. The highest BCUT2D eigenvalue weighted by atomic mass is 16.5. The van der Waals surface area contributed by atoms with Crippen LogP contribution in [-0.2, 0) is 0 Å². The molecule has 70 valence electrons. The Hall–Kier alpha value is -0.860. The van der Waals surface area contributed by atoms with Crippen LogP contribution in [0.2, 0.25) is 0 Å². The van der Waals surface area contributed by atoms with E-state index < -0.39 is 0 Å². The fraction of sp³-hybridized carbons (Fsp3) is 0.800. The van der Waals surface area contributed by atoms with Crippen LogP contribution in [-0.4, -0.2) is 10.1 Å². The van der Waals surface area contributed by atoms with E-state index in [4.69, 9.17) is 4.52 Å². The third-order valence-electron chi connectivity index (χ3n) is 3.63. The maximum absolute atomic E-state index is 5.21. The van der Waals surface area contributed by atoms with Gasteiger partial charge in [-0.3, -0.25) is 0 Å². The molecule has 1 aromatic heterocycles. The molecule has 0 aliphatic heterocycles. The molecule has 0 N–H and O–H groups in total. The molecule has 1 unspecified atom stereocenters. The Morgan fingerprint density at radius 1 is 1.38 bits per heavy atom. The predicted octanol–water partition coefficient (Wildman–Crippen LogP) is 2.43. The second-order valence-electron chi connectivity index (χ2n) is 4.51. The molecule has 1 aromatic rings. The van der Waals surface area contributed by atoms with Crippen LogP contribution in [0.1, 0.15) is 49.7 Å². The van der Waals surface area contributed by atoms with Crippen molar-refractivity contribution < 1.29 is 4.52 Å². The fourth-order valence-electron chi connectivity index (χ4n) is 2.78. The van der Waals surface area contributed by atoms with Crippen LogP contribution < -0.4 is 0 Å². The van der Waals surface area contributed by atoms with Gasteiger partial charge in [-0.25, -0.2) is 0 Å². The van der Waals surface area contributed by atoms with Crippen LogP contribution in [0.25, 0.3) is 0 Å². The van der Waals surface area contributed by atoms with Gasteiger partial charge in [0, 0.05) is 5.92 Å². The summed E-state index contributed by atoms with van der Waals surface area (Å²) in [5, 5.41) is 3.85. The smallest absolute Gasteiger partial charge is 0.230 e. The van der Waals surface area contributed by atoms with E-state index in [0.29, 0.717) is 11.3 Å². The summed E-state index contributed by atoms with van der Waals surface area (Å²) in [4.78, 5) is 4.31. The lowest BCUT2D eigenvalue weighted by atomic mass is 10.0. The van der Waals surface area contributed by atoms with Crippen molar-refractivity contribution in [3.05, 3.63) is 11.7 Å². The molecule has 3 rings (SSSR count). The third kappa shape index (κ3) is 1.02. The van der Waals surface area contributed by atoms with Crippen LogP contribution in [0.4, 0.5) is 0 Å². The summed E-state index contributed by atoms with van der Waals surface area (Å²) in [7, 11) is 0. The van der Waals surface area contributed by atoms with E-state index in [9.17, 15) is 0 Å². The summed E-state index contributed by atoms with van der Waals surface area (Å²) in [5.74, 6) is 2.26. The normalized spacial score (nSPS) is 29.8. The predicted molar refractivity (Wildman–Crippen MR) is 47.3 cm³/mol. The van der Waals surface area contributed by atoms with Gasteiger partial charge in [-0.05, 0) is 31.6 Å². The Balaban J connectivity index is 1.82.